The summed E-state index contributed by atoms with van der Waals surface area (Å²) in [6.07, 6.45) is 3.37. The molecule has 3 rings (SSSR count). The molecule has 2 aromatic rings. The molecule has 21 heavy (non-hydrogen) atoms. The van der Waals surface area contributed by atoms with Crippen LogP contribution in [-0.2, 0) is 24.4 Å². The first-order chi connectivity index (χ1) is 10.3. The molecule has 0 spiro atoms. The van der Waals surface area contributed by atoms with Crippen molar-refractivity contribution in [2.75, 3.05) is 6.54 Å². The average Bonchev–Trinajstić information content (AvgIpc) is 3.12. The molecule has 1 saturated heterocycles. The lowest BCUT2D eigenvalue weighted by Gasteiger charge is -2.16. The Bertz CT molecular complexity index is 593. The van der Waals surface area contributed by atoms with E-state index in [2.05, 4.69) is 29.6 Å². The summed E-state index contributed by atoms with van der Waals surface area (Å²) in [6, 6.07) is 12.3. The maximum atomic E-state index is 11.7. The van der Waals surface area contributed by atoms with Crippen LogP contribution in [0.2, 0.25) is 0 Å². The Kier molecular flexibility index (Phi) is 4.36. The Hall–Kier alpha value is -2.07. The second-order valence-corrected chi connectivity index (χ2v) is 5.42. The number of nitrogens with one attached hydrogen (secondary N) is 1. The molecule has 0 aliphatic carbocycles. The van der Waals surface area contributed by atoms with Crippen molar-refractivity contribution in [2.45, 2.75) is 32.5 Å². The molecule has 0 atom stereocenters. The number of nitrogens with zero attached hydrogens (tertiary/aromatic N) is 1. The number of likely N-dealkylation sites (tertiary alicyclic amines) is 1. The van der Waals surface area contributed by atoms with E-state index in [0.29, 0.717) is 6.42 Å². The fourth-order valence-electron chi connectivity index (χ4n) is 2.67. The molecule has 1 aliphatic heterocycles. The molecule has 1 fully saturated rings. The first-order valence-electron chi connectivity index (χ1n) is 7.40. The lowest BCUT2D eigenvalue weighted by atomic mass is 10.1. The predicted molar refractivity (Wildman–Crippen MR) is 80.3 cm³/mol. The number of benzene rings is 1. The molecule has 1 amide bonds. The lowest BCUT2D eigenvalue weighted by Crippen LogP contribution is -2.23. The van der Waals surface area contributed by atoms with Gasteiger partial charge in [0.2, 0.25) is 5.91 Å². The number of carbonyl (C=O) groups is 1. The van der Waals surface area contributed by atoms with E-state index in [1.807, 2.05) is 17.0 Å². The van der Waals surface area contributed by atoms with Gasteiger partial charge in [-0.3, -0.25) is 4.79 Å². The van der Waals surface area contributed by atoms with Crippen molar-refractivity contribution in [3.8, 4) is 0 Å². The minimum Gasteiger partial charge on any atom is -0.468 e. The Labute approximate surface area is 124 Å². The van der Waals surface area contributed by atoms with Crippen LogP contribution in [0.4, 0.5) is 0 Å². The van der Waals surface area contributed by atoms with Gasteiger partial charge in [-0.2, -0.15) is 0 Å². The van der Waals surface area contributed by atoms with E-state index >= 15 is 0 Å². The van der Waals surface area contributed by atoms with Crippen LogP contribution in [0.25, 0.3) is 0 Å². The van der Waals surface area contributed by atoms with Gasteiger partial charge in [0.05, 0.1) is 12.8 Å². The molecule has 0 unspecified atom stereocenters. The van der Waals surface area contributed by atoms with Gasteiger partial charge in [-0.25, -0.2) is 0 Å². The number of furan rings is 1. The second-order valence-electron chi connectivity index (χ2n) is 5.42. The molecule has 4 nitrogen and oxygen atoms in total. The van der Waals surface area contributed by atoms with Crippen LogP contribution in [0.1, 0.15) is 29.7 Å². The van der Waals surface area contributed by atoms with E-state index in [1.54, 1.807) is 6.26 Å². The Balaban J connectivity index is 1.54. The van der Waals surface area contributed by atoms with Crippen LogP contribution in [0.5, 0.6) is 0 Å². The summed E-state index contributed by atoms with van der Waals surface area (Å²) in [5.41, 5.74) is 2.42. The van der Waals surface area contributed by atoms with E-state index in [4.69, 9.17) is 4.42 Å². The number of hydrogen-bond donors (Lipinski definition) is 1. The predicted octanol–water partition coefficient (Wildman–Crippen LogP) is 2.69. The first kappa shape index (κ1) is 13.9. The molecular formula is C17H20N2O2. The quantitative estimate of drug-likeness (QED) is 0.887. The molecule has 2 heterocycles. The van der Waals surface area contributed by atoms with Gasteiger partial charge in [0.25, 0.3) is 0 Å². The van der Waals surface area contributed by atoms with Crippen molar-refractivity contribution < 1.29 is 9.21 Å². The third-order valence-electron chi connectivity index (χ3n) is 3.74. The minimum atomic E-state index is 0.274. The largest absolute Gasteiger partial charge is 0.468 e. The summed E-state index contributed by atoms with van der Waals surface area (Å²) in [4.78, 5) is 13.6. The van der Waals surface area contributed by atoms with E-state index in [0.717, 1.165) is 38.4 Å². The topological polar surface area (TPSA) is 45.5 Å². The van der Waals surface area contributed by atoms with Crippen molar-refractivity contribution in [2.24, 2.45) is 0 Å². The first-order valence-corrected chi connectivity index (χ1v) is 7.40. The summed E-state index contributed by atoms with van der Waals surface area (Å²) < 4.78 is 5.29. The van der Waals surface area contributed by atoms with Gasteiger partial charge in [0.1, 0.15) is 5.76 Å². The van der Waals surface area contributed by atoms with Crippen molar-refractivity contribution in [1.29, 1.82) is 0 Å². The molecule has 0 radical (unpaired) electrons. The van der Waals surface area contributed by atoms with Crippen LogP contribution >= 0.6 is 0 Å². The number of carbonyl (C=O) groups excluding carboxylic acids is 1. The highest BCUT2D eigenvalue weighted by molar-refractivity contribution is 5.78. The molecule has 0 saturated carbocycles. The highest BCUT2D eigenvalue weighted by atomic mass is 16.3. The van der Waals surface area contributed by atoms with Gasteiger partial charge in [0.15, 0.2) is 0 Å². The summed E-state index contributed by atoms with van der Waals surface area (Å²) >= 11 is 0. The average molecular weight is 284 g/mol. The number of amides is 1. The van der Waals surface area contributed by atoms with Crippen molar-refractivity contribution in [3.63, 3.8) is 0 Å². The van der Waals surface area contributed by atoms with Crippen molar-refractivity contribution >= 4 is 5.91 Å². The molecule has 1 aromatic heterocycles. The molecule has 1 aliphatic rings. The zero-order chi connectivity index (χ0) is 14.5. The van der Waals surface area contributed by atoms with E-state index in [1.165, 1.54) is 11.1 Å². The zero-order valence-corrected chi connectivity index (χ0v) is 12.0. The molecule has 1 aromatic carbocycles. The Morgan fingerprint density at radius 3 is 2.81 bits per heavy atom. The van der Waals surface area contributed by atoms with Crippen LogP contribution in [0, 0.1) is 0 Å². The smallest absolute Gasteiger partial charge is 0.222 e. The fourth-order valence-corrected chi connectivity index (χ4v) is 2.67. The van der Waals surface area contributed by atoms with E-state index < -0.39 is 0 Å². The van der Waals surface area contributed by atoms with E-state index in [-0.39, 0.29) is 5.91 Å². The van der Waals surface area contributed by atoms with Gasteiger partial charge in [-0.05, 0) is 29.7 Å². The summed E-state index contributed by atoms with van der Waals surface area (Å²) in [6.45, 7) is 3.13. The molecule has 1 N–H and O–H groups in total. The van der Waals surface area contributed by atoms with Crippen LogP contribution < -0.4 is 5.32 Å². The Morgan fingerprint density at radius 1 is 1.14 bits per heavy atom. The van der Waals surface area contributed by atoms with Crippen molar-refractivity contribution in [3.05, 3.63) is 59.5 Å². The monoisotopic (exact) mass is 284 g/mol. The lowest BCUT2D eigenvalue weighted by molar-refractivity contribution is -0.128. The third kappa shape index (κ3) is 3.73. The SMILES string of the molecule is O=C1CCCN1Cc1cccc(CNCc2ccco2)c1. The maximum absolute atomic E-state index is 11.7. The minimum absolute atomic E-state index is 0.274. The van der Waals surface area contributed by atoms with Crippen LogP contribution in [0.3, 0.4) is 0 Å². The molecule has 0 bridgehead atoms. The number of rotatable bonds is 6. The standard InChI is InChI=1S/C17H20N2O2/c20-17-7-2-8-19(17)13-15-5-1-4-14(10-15)11-18-12-16-6-3-9-21-16/h1,3-6,9-10,18H,2,7-8,11-13H2. The van der Waals surface area contributed by atoms with Crippen LogP contribution in [0.15, 0.2) is 47.1 Å². The second kappa shape index (κ2) is 6.59. The number of hydrogen-bond acceptors (Lipinski definition) is 3. The zero-order valence-electron chi connectivity index (χ0n) is 12.0. The van der Waals surface area contributed by atoms with Crippen LogP contribution in [-0.4, -0.2) is 17.4 Å². The molecular weight excluding hydrogens is 264 g/mol. The fraction of sp³-hybridized carbons (Fsp3) is 0.353. The normalized spacial score (nSPS) is 14.9. The van der Waals surface area contributed by atoms with Gasteiger partial charge < -0.3 is 14.6 Å². The summed E-state index contributed by atoms with van der Waals surface area (Å²) in [5.74, 6) is 1.21. The molecule has 4 heteroatoms. The van der Waals surface area contributed by atoms with Gasteiger partial charge in [-0.1, -0.05) is 24.3 Å². The van der Waals surface area contributed by atoms with Gasteiger partial charge in [0, 0.05) is 26.1 Å². The van der Waals surface area contributed by atoms with Gasteiger partial charge in [-0.15, -0.1) is 0 Å². The van der Waals surface area contributed by atoms with Gasteiger partial charge >= 0.3 is 0 Å². The Morgan fingerprint density at radius 2 is 2.05 bits per heavy atom. The molecule has 110 valence electrons. The van der Waals surface area contributed by atoms with Crippen molar-refractivity contribution in [1.82, 2.24) is 10.2 Å². The third-order valence-corrected chi connectivity index (χ3v) is 3.74. The highest BCUT2D eigenvalue weighted by Gasteiger charge is 2.19. The highest BCUT2D eigenvalue weighted by Crippen LogP contribution is 2.15. The maximum Gasteiger partial charge on any atom is 0.222 e. The van der Waals surface area contributed by atoms with E-state index in [9.17, 15) is 4.79 Å². The summed E-state index contributed by atoms with van der Waals surface area (Å²) in [5, 5.41) is 3.36. The summed E-state index contributed by atoms with van der Waals surface area (Å²) in [7, 11) is 0.